The van der Waals surface area contributed by atoms with E-state index in [0.29, 0.717) is 21.5 Å². The summed E-state index contributed by atoms with van der Waals surface area (Å²) in [4.78, 5) is 50.4. The fourth-order valence-electron chi connectivity index (χ4n) is 3.42. The molecule has 0 spiro atoms. The predicted molar refractivity (Wildman–Crippen MR) is 104 cm³/mol. The summed E-state index contributed by atoms with van der Waals surface area (Å²) in [5.41, 5.74) is 0.701. The van der Waals surface area contributed by atoms with E-state index in [1.165, 1.54) is 6.07 Å². The Bertz CT molecular complexity index is 1190. The molecule has 0 bridgehead atoms. The van der Waals surface area contributed by atoms with E-state index in [1.54, 1.807) is 61.5 Å². The van der Waals surface area contributed by atoms with Crippen LogP contribution < -0.4 is 16.4 Å². The quantitative estimate of drug-likeness (QED) is 0.524. The SMILES string of the molecule is CCC1(c2ccccc2)NC(=O)N(NC(=O)c2cc3ccccc3oc2=O)C1=O. The number of carbonyl (C=O) groups is 3. The summed E-state index contributed by atoms with van der Waals surface area (Å²) in [5, 5.41) is 3.80. The third kappa shape index (κ3) is 2.94. The number of benzene rings is 2. The second-order valence-corrected chi connectivity index (χ2v) is 6.62. The number of fused-ring (bicyclic) bond motifs is 1. The van der Waals surface area contributed by atoms with Crippen LogP contribution in [0.25, 0.3) is 11.0 Å². The van der Waals surface area contributed by atoms with E-state index in [4.69, 9.17) is 4.42 Å². The number of urea groups is 1. The summed E-state index contributed by atoms with van der Waals surface area (Å²) < 4.78 is 5.14. The van der Waals surface area contributed by atoms with Gasteiger partial charge in [-0.3, -0.25) is 15.0 Å². The summed E-state index contributed by atoms with van der Waals surface area (Å²) in [5.74, 6) is -1.54. The predicted octanol–water partition coefficient (Wildman–Crippen LogP) is 2.30. The Morgan fingerprint density at radius 1 is 1.07 bits per heavy atom. The van der Waals surface area contributed by atoms with Gasteiger partial charge in [-0.15, -0.1) is 0 Å². The molecule has 2 aromatic carbocycles. The van der Waals surface area contributed by atoms with Crippen molar-refractivity contribution in [2.75, 3.05) is 0 Å². The van der Waals surface area contributed by atoms with Crippen LogP contribution >= 0.6 is 0 Å². The third-order valence-electron chi connectivity index (χ3n) is 4.99. The summed E-state index contributed by atoms with van der Waals surface area (Å²) in [6.07, 6.45) is 0.284. The maximum atomic E-state index is 13.1. The van der Waals surface area contributed by atoms with Gasteiger partial charge in [-0.2, -0.15) is 5.01 Å². The third-order valence-corrected chi connectivity index (χ3v) is 4.99. The first-order chi connectivity index (χ1) is 14.0. The molecule has 8 nitrogen and oxygen atoms in total. The van der Waals surface area contributed by atoms with E-state index < -0.39 is 29.0 Å². The van der Waals surface area contributed by atoms with Crippen molar-refractivity contribution in [1.82, 2.24) is 15.8 Å². The first-order valence-corrected chi connectivity index (χ1v) is 9.02. The Labute approximate surface area is 165 Å². The maximum absolute atomic E-state index is 13.1. The fraction of sp³-hybridized carbons (Fsp3) is 0.143. The molecule has 0 aliphatic carbocycles. The molecule has 0 radical (unpaired) electrons. The van der Waals surface area contributed by atoms with Gasteiger partial charge in [0.05, 0.1) is 0 Å². The molecular weight excluding hydrogens is 374 g/mol. The molecule has 1 fully saturated rings. The van der Waals surface area contributed by atoms with Crippen LogP contribution in [-0.4, -0.2) is 22.9 Å². The molecule has 2 N–H and O–H groups in total. The lowest BCUT2D eigenvalue weighted by Gasteiger charge is -2.25. The molecule has 1 aliphatic heterocycles. The summed E-state index contributed by atoms with van der Waals surface area (Å²) in [7, 11) is 0. The minimum Gasteiger partial charge on any atom is -0.422 e. The molecule has 4 amide bonds. The largest absolute Gasteiger partial charge is 0.422 e. The number of hydrazine groups is 1. The van der Waals surface area contributed by atoms with E-state index in [1.807, 2.05) is 0 Å². The van der Waals surface area contributed by atoms with E-state index in [9.17, 15) is 19.2 Å². The standard InChI is InChI=1S/C21H17N3O5/c1-2-21(14-9-4-3-5-10-14)19(27)24(20(28)22-21)23-17(25)15-12-13-8-6-7-11-16(13)29-18(15)26/h3-12H,2H2,1H3,(H,22,28)(H,23,25). The highest BCUT2D eigenvalue weighted by molar-refractivity contribution is 6.09. The number of rotatable bonds is 4. The van der Waals surface area contributed by atoms with Crippen molar-refractivity contribution in [3.63, 3.8) is 0 Å². The van der Waals surface area contributed by atoms with Gasteiger partial charge in [-0.05, 0) is 24.1 Å². The molecule has 1 aliphatic rings. The lowest BCUT2D eigenvalue weighted by molar-refractivity contribution is -0.133. The Kier molecular flexibility index (Phi) is 4.38. The van der Waals surface area contributed by atoms with Crippen molar-refractivity contribution in [3.8, 4) is 0 Å². The number of imide groups is 1. The minimum atomic E-state index is -1.29. The highest BCUT2D eigenvalue weighted by atomic mass is 16.4. The van der Waals surface area contributed by atoms with Crippen LogP contribution in [-0.2, 0) is 10.3 Å². The second kappa shape index (κ2) is 6.90. The zero-order valence-electron chi connectivity index (χ0n) is 15.5. The van der Waals surface area contributed by atoms with Crippen LogP contribution in [0.5, 0.6) is 0 Å². The molecule has 146 valence electrons. The van der Waals surface area contributed by atoms with Gasteiger partial charge >= 0.3 is 11.7 Å². The van der Waals surface area contributed by atoms with Gasteiger partial charge < -0.3 is 9.73 Å². The highest BCUT2D eigenvalue weighted by Gasteiger charge is 2.52. The van der Waals surface area contributed by atoms with Gasteiger partial charge in [0.25, 0.3) is 11.8 Å². The first-order valence-electron chi connectivity index (χ1n) is 9.02. The molecule has 4 rings (SSSR count). The zero-order valence-corrected chi connectivity index (χ0v) is 15.5. The van der Waals surface area contributed by atoms with Crippen LogP contribution in [0.2, 0.25) is 0 Å². The Hall–Kier alpha value is -3.94. The van der Waals surface area contributed by atoms with Gasteiger partial charge in [-0.1, -0.05) is 55.5 Å². The maximum Gasteiger partial charge on any atom is 0.349 e. The molecule has 29 heavy (non-hydrogen) atoms. The molecule has 1 unspecified atom stereocenters. The average Bonchev–Trinajstić information content (AvgIpc) is 2.99. The van der Waals surface area contributed by atoms with Gasteiger partial charge in [-0.25, -0.2) is 9.59 Å². The van der Waals surface area contributed by atoms with E-state index >= 15 is 0 Å². The van der Waals surface area contributed by atoms with E-state index in [2.05, 4.69) is 10.7 Å². The van der Waals surface area contributed by atoms with Crippen LogP contribution in [0, 0.1) is 0 Å². The zero-order chi connectivity index (χ0) is 20.6. The second-order valence-electron chi connectivity index (χ2n) is 6.62. The summed E-state index contributed by atoms with van der Waals surface area (Å²) in [6, 6.07) is 16.1. The number of carbonyl (C=O) groups excluding carboxylic acids is 3. The van der Waals surface area contributed by atoms with Gasteiger partial charge in [0, 0.05) is 5.39 Å². The molecule has 1 aromatic heterocycles. The monoisotopic (exact) mass is 391 g/mol. The number of para-hydroxylation sites is 1. The Morgan fingerprint density at radius 3 is 2.48 bits per heavy atom. The number of nitrogens with one attached hydrogen (secondary N) is 2. The molecule has 1 atom stereocenters. The van der Waals surface area contributed by atoms with Crippen molar-refractivity contribution in [1.29, 1.82) is 0 Å². The molecular formula is C21H17N3O5. The van der Waals surface area contributed by atoms with Crippen LogP contribution in [0.15, 0.2) is 69.9 Å². The molecule has 0 saturated carbocycles. The van der Waals surface area contributed by atoms with Crippen molar-refractivity contribution in [2.45, 2.75) is 18.9 Å². The summed E-state index contributed by atoms with van der Waals surface area (Å²) in [6.45, 7) is 1.76. The van der Waals surface area contributed by atoms with Crippen LogP contribution in [0.1, 0.15) is 29.3 Å². The lowest BCUT2D eigenvalue weighted by atomic mass is 9.87. The Morgan fingerprint density at radius 2 is 1.76 bits per heavy atom. The molecule has 8 heteroatoms. The van der Waals surface area contributed by atoms with Crippen molar-refractivity contribution in [3.05, 3.63) is 82.2 Å². The number of nitrogens with zero attached hydrogens (tertiary/aromatic N) is 1. The van der Waals surface area contributed by atoms with Gasteiger partial charge in [0.1, 0.15) is 16.7 Å². The Balaban J connectivity index is 1.65. The van der Waals surface area contributed by atoms with E-state index in [-0.39, 0.29) is 12.0 Å². The highest BCUT2D eigenvalue weighted by Crippen LogP contribution is 2.31. The normalized spacial score (nSPS) is 18.7. The number of hydrogen-bond acceptors (Lipinski definition) is 5. The van der Waals surface area contributed by atoms with Crippen LogP contribution in [0.3, 0.4) is 0 Å². The minimum absolute atomic E-state index is 0.284. The topological polar surface area (TPSA) is 109 Å². The van der Waals surface area contributed by atoms with Crippen molar-refractivity contribution in [2.24, 2.45) is 0 Å². The average molecular weight is 391 g/mol. The fourth-order valence-corrected chi connectivity index (χ4v) is 3.42. The van der Waals surface area contributed by atoms with Gasteiger partial charge in [0.2, 0.25) is 0 Å². The number of hydrogen-bond donors (Lipinski definition) is 2. The lowest BCUT2D eigenvalue weighted by Crippen LogP contribution is -2.49. The van der Waals surface area contributed by atoms with E-state index in [0.717, 1.165) is 0 Å². The first kappa shape index (κ1) is 18.4. The van der Waals surface area contributed by atoms with Crippen molar-refractivity contribution >= 4 is 28.8 Å². The molecule has 1 saturated heterocycles. The van der Waals surface area contributed by atoms with Crippen molar-refractivity contribution < 1.29 is 18.8 Å². The molecule has 2 heterocycles. The van der Waals surface area contributed by atoms with Gasteiger partial charge in [0.15, 0.2) is 0 Å². The molecule has 3 aromatic rings. The summed E-state index contributed by atoms with van der Waals surface area (Å²) >= 11 is 0. The number of amides is 4. The smallest absolute Gasteiger partial charge is 0.349 e. The van der Waals surface area contributed by atoms with Crippen LogP contribution in [0.4, 0.5) is 4.79 Å².